The third-order valence-corrected chi connectivity index (χ3v) is 2.22. The summed E-state index contributed by atoms with van der Waals surface area (Å²) in [6.45, 7) is 2.50. The summed E-state index contributed by atoms with van der Waals surface area (Å²) in [7, 11) is 1.64. The molecule has 1 N–H and O–H groups in total. The quantitative estimate of drug-likeness (QED) is 0.609. The Balaban J connectivity index is 3.41. The number of rotatable bonds is 10. The minimum absolute atomic E-state index is 0.158. The van der Waals surface area contributed by atoms with Gasteiger partial charge in [-0.15, -0.1) is 0 Å². The molecule has 0 aromatic rings. The van der Waals surface area contributed by atoms with Gasteiger partial charge in [-0.25, -0.2) is 0 Å². The van der Waals surface area contributed by atoms with Crippen LogP contribution in [0.3, 0.4) is 0 Å². The van der Waals surface area contributed by atoms with E-state index >= 15 is 0 Å². The Labute approximate surface area is 101 Å². The van der Waals surface area contributed by atoms with Crippen LogP contribution >= 0.6 is 0 Å². The normalized spacial score (nSPS) is 13.9. The molecule has 0 aromatic heterocycles. The Morgan fingerprint density at radius 1 is 1.24 bits per heavy atom. The fraction of sp³-hybridized carbons (Fsp3) is 1.00. The van der Waals surface area contributed by atoms with Crippen LogP contribution in [-0.2, 0) is 9.47 Å². The first-order chi connectivity index (χ1) is 7.99. The van der Waals surface area contributed by atoms with Gasteiger partial charge in [0.05, 0.1) is 6.61 Å². The summed E-state index contributed by atoms with van der Waals surface area (Å²) >= 11 is 0. The fourth-order valence-corrected chi connectivity index (χ4v) is 1.52. The molecule has 0 saturated heterocycles. The summed E-state index contributed by atoms with van der Waals surface area (Å²) in [5.74, 6) is 0. The zero-order valence-corrected chi connectivity index (χ0v) is 10.5. The number of alkyl halides is 3. The molecule has 0 saturated carbocycles. The van der Waals surface area contributed by atoms with Gasteiger partial charge in [0, 0.05) is 19.8 Å². The van der Waals surface area contributed by atoms with Gasteiger partial charge in [-0.05, 0) is 25.8 Å². The Hall–Kier alpha value is -0.330. The maximum absolute atomic E-state index is 11.7. The van der Waals surface area contributed by atoms with Gasteiger partial charge in [0.25, 0.3) is 0 Å². The van der Waals surface area contributed by atoms with Crippen molar-refractivity contribution in [3.8, 4) is 0 Å². The average molecular weight is 257 g/mol. The highest BCUT2D eigenvalue weighted by Gasteiger charge is 2.27. The number of hydrogen-bond donors (Lipinski definition) is 1. The number of halogens is 3. The lowest BCUT2D eigenvalue weighted by atomic mass is 10.1. The summed E-state index contributed by atoms with van der Waals surface area (Å²) in [6, 6.07) is 0.271. The van der Waals surface area contributed by atoms with E-state index in [1.165, 1.54) is 0 Å². The lowest BCUT2D eigenvalue weighted by molar-refractivity contribution is -0.174. The molecule has 0 aliphatic rings. The van der Waals surface area contributed by atoms with Crippen LogP contribution in [0.25, 0.3) is 0 Å². The van der Waals surface area contributed by atoms with Gasteiger partial charge < -0.3 is 14.8 Å². The van der Waals surface area contributed by atoms with Crippen molar-refractivity contribution in [2.75, 3.05) is 33.5 Å². The van der Waals surface area contributed by atoms with Crippen molar-refractivity contribution in [3.05, 3.63) is 0 Å². The molecule has 1 unspecified atom stereocenters. The molecule has 0 radical (unpaired) electrons. The van der Waals surface area contributed by atoms with Crippen molar-refractivity contribution in [1.29, 1.82) is 0 Å². The van der Waals surface area contributed by atoms with Crippen molar-refractivity contribution < 1.29 is 22.6 Å². The van der Waals surface area contributed by atoms with Gasteiger partial charge in [0.2, 0.25) is 0 Å². The van der Waals surface area contributed by atoms with Crippen LogP contribution in [-0.4, -0.2) is 45.7 Å². The van der Waals surface area contributed by atoms with Crippen LogP contribution in [0.15, 0.2) is 0 Å². The van der Waals surface area contributed by atoms with Crippen LogP contribution in [0, 0.1) is 0 Å². The molecular formula is C11H22F3NO2. The highest BCUT2D eigenvalue weighted by atomic mass is 19.4. The molecular weight excluding hydrogens is 235 g/mol. The van der Waals surface area contributed by atoms with Gasteiger partial charge >= 0.3 is 6.18 Å². The van der Waals surface area contributed by atoms with E-state index in [-0.39, 0.29) is 12.6 Å². The Bertz CT molecular complexity index is 171. The minimum Gasteiger partial charge on any atom is -0.383 e. The zero-order valence-electron chi connectivity index (χ0n) is 10.5. The van der Waals surface area contributed by atoms with Crippen molar-refractivity contribution >= 4 is 0 Å². The van der Waals surface area contributed by atoms with Gasteiger partial charge in [0.1, 0.15) is 6.61 Å². The molecule has 0 aliphatic carbocycles. The molecule has 0 heterocycles. The highest BCUT2D eigenvalue weighted by molar-refractivity contribution is 4.64. The molecule has 0 bridgehead atoms. The van der Waals surface area contributed by atoms with E-state index in [4.69, 9.17) is 4.74 Å². The first-order valence-electron chi connectivity index (χ1n) is 5.86. The maximum Gasteiger partial charge on any atom is 0.411 e. The zero-order chi connectivity index (χ0) is 13.1. The SMILES string of the molecule is CCNC(CCCCOCC(F)(F)F)COC. The molecule has 0 amide bonds. The molecule has 6 heteroatoms. The van der Waals surface area contributed by atoms with Crippen LogP contribution in [0.4, 0.5) is 13.2 Å². The van der Waals surface area contributed by atoms with E-state index in [1.807, 2.05) is 6.92 Å². The largest absolute Gasteiger partial charge is 0.411 e. The molecule has 0 fully saturated rings. The number of nitrogens with one attached hydrogen (secondary N) is 1. The van der Waals surface area contributed by atoms with E-state index in [0.717, 1.165) is 19.4 Å². The highest BCUT2D eigenvalue weighted by Crippen LogP contribution is 2.14. The molecule has 0 aliphatic heterocycles. The third-order valence-electron chi connectivity index (χ3n) is 2.22. The number of ether oxygens (including phenoxy) is 2. The summed E-state index contributed by atoms with van der Waals surface area (Å²) in [4.78, 5) is 0. The van der Waals surface area contributed by atoms with Crippen molar-refractivity contribution in [2.45, 2.75) is 38.4 Å². The topological polar surface area (TPSA) is 30.5 Å². The second-order valence-corrected chi connectivity index (χ2v) is 3.87. The van der Waals surface area contributed by atoms with Gasteiger partial charge in [-0.2, -0.15) is 13.2 Å². The van der Waals surface area contributed by atoms with Crippen LogP contribution < -0.4 is 5.32 Å². The van der Waals surface area contributed by atoms with Crippen molar-refractivity contribution in [2.24, 2.45) is 0 Å². The van der Waals surface area contributed by atoms with E-state index in [9.17, 15) is 13.2 Å². The van der Waals surface area contributed by atoms with Crippen molar-refractivity contribution in [1.82, 2.24) is 5.32 Å². The first-order valence-corrected chi connectivity index (χ1v) is 5.86. The summed E-state index contributed by atoms with van der Waals surface area (Å²) in [5, 5.41) is 3.25. The van der Waals surface area contributed by atoms with E-state index < -0.39 is 12.8 Å². The molecule has 0 rings (SSSR count). The monoisotopic (exact) mass is 257 g/mol. The molecule has 3 nitrogen and oxygen atoms in total. The number of likely N-dealkylation sites (N-methyl/N-ethyl adjacent to an activating group) is 1. The number of hydrogen-bond acceptors (Lipinski definition) is 3. The Morgan fingerprint density at radius 2 is 1.94 bits per heavy atom. The number of unbranched alkanes of at least 4 members (excludes halogenated alkanes) is 1. The molecule has 0 spiro atoms. The molecule has 0 aromatic carbocycles. The standard InChI is InChI=1S/C11H22F3NO2/c1-3-15-10(8-16-2)6-4-5-7-17-9-11(12,13)14/h10,15H,3-9H2,1-2H3. The molecule has 104 valence electrons. The second-order valence-electron chi connectivity index (χ2n) is 3.87. The Morgan fingerprint density at radius 3 is 2.47 bits per heavy atom. The van der Waals surface area contributed by atoms with E-state index in [0.29, 0.717) is 13.0 Å². The van der Waals surface area contributed by atoms with Crippen LogP contribution in [0.2, 0.25) is 0 Å². The maximum atomic E-state index is 11.7. The minimum atomic E-state index is -4.22. The van der Waals surface area contributed by atoms with Gasteiger partial charge in [0.15, 0.2) is 0 Å². The summed E-state index contributed by atoms with van der Waals surface area (Å²) in [5.41, 5.74) is 0. The summed E-state index contributed by atoms with van der Waals surface area (Å²) in [6.07, 6.45) is -1.86. The lowest BCUT2D eigenvalue weighted by Gasteiger charge is -2.16. The van der Waals surface area contributed by atoms with E-state index in [1.54, 1.807) is 7.11 Å². The van der Waals surface area contributed by atoms with Crippen molar-refractivity contribution in [3.63, 3.8) is 0 Å². The molecule has 1 atom stereocenters. The first kappa shape index (κ1) is 16.7. The predicted molar refractivity (Wildman–Crippen MR) is 60.1 cm³/mol. The van der Waals surface area contributed by atoms with Crippen LogP contribution in [0.5, 0.6) is 0 Å². The molecule has 17 heavy (non-hydrogen) atoms. The second kappa shape index (κ2) is 9.67. The smallest absolute Gasteiger partial charge is 0.383 e. The fourth-order valence-electron chi connectivity index (χ4n) is 1.52. The Kier molecular flexibility index (Phi) is 9.49. The average Bonchev–Trinajstić information content (AvgIpc) is 2.22. The van der Waals surface area contributed by atoms with E-state index in [2.05, 4.69) is 10.1 Å². The van der Waals surface area contributed by atoms with Gasteiger partial charge in [-0.1, -0.05) is 6.92 Å². The van der Waals surface area contributed by atoms with Gasteiger partial charge in [-0.3, -0.25) is 0 Å². The lowest BCUT2D eigenvalue weighted by Crippen LogP contribution is -2.33. The number of methoxy groups -OCH3 is 1. The predicted octanol–water partition coefficient (Wildman–Crippen LogP) is 2.36. The third kappa shape index (κ3) is 11.9. The summed E-state index contributed by atoms with van der Waals surface area (Å²) < 4.78 is 44.8. The van der Waals surface area contributed by atoms with Crippen LogP contribution in [0.1, 0.15) is 26.2 Å².